The number of aromatic hydroxyl groups is 1. The standard InChI is InChI=1S/C28H32N4O4/c1-18(2)30-28(36)27(21-8-10-23(33)11-9-21)32(22-16-19(3)15-20(4)17-22)26(35)13-12-25(34)31-24-7-5-6-14-29-24/h5-11,14-18,27,33H,12-13H2,1-4H3,(H,30,36)(H,29,31,34)/t27-/m1/s1. The highest BCUT2D eigenvalue weighted by atomic mass is 16.3. The molecule has 2 aromatic carbocycles. The second-order valence-electron chi connectivity index (χ2n) is 9.03. The molecule has 0 unspecified atom stereocenters. The number of amides is 3. The van der Waals surface area contributed by atoms with Crippen LogP contribution in [-0.4, -0.2) is 33.9 Å². The van der Waals surface area contributed by atoms with Crippen molar-refractivity contribution in [2.75, 3.05) is 10.2 Å². The van der Waals surface area contributed by atoms with E-state index in [1.165, 1.54) is 17.0 Å². The van der Waals surface area contributed by atoms with Gasteiger partial charge in [-0.25, -0.2) is 4.98 Å². The van der Waals surface area contributed by atoms with Gasteiger partial charge in [0.2, 0.25) is 17.7 Å². The van der Waals surface area contributed by atoms with Crippen molar-refractivity contribution in [3.8, 4) is 5.75 Å². The van der Waals surface area contributed by atoms with E-state index in [-0.39, 0.29) is 42.4 Å². The van der Waals surface area contributed by atoms with Crippen molar-refractivity contribution in [1.29, 1.82) is 0 Å². The lowest BCUT2D eigenvalue weighted by Crippen LogP contribution is -2.46. The number of nitrogens with zero attached hydrogens (tertiary/aromatic N) is 2. The Hall–Kier alpha value is -4.20. The Balaban J connectivity index is 1.97. The third-order valence-corrected chi connectivity index (χ3v) is 5.40. The zero-order valence-corrected chi connectivity index (χ0v) is 21.0. The lowest BCUT2D eigenvalue weighted by atomic mass is 10.0. The molecule has 188 valence electrons. The van der Waals surface area contributed by atoms with Crippen LogP contribution in [0.1, 0.15) is 49.4 Å². The van der Waals surface area contributed by atoms with E-state index in [1.807, 2.05) is 45.9 Å². The minimum atomic E-state index is -0.999. The SMILES string of the molecule is Cc1cc(C)cc(N(C(=O)CCC(=O)Nc2ccccn2)[C@@H](C(=O)NC(C)C)c2ccc(O)cc2)c1. The van der Waals surface area contributed by atoms with Gasteiger partial charge in [0, 0.05) is 30.8 Å². The molecule has 0 spiro atoms. The molecule has 1 heterocycles. The van der Waals surface area contributed by atoms with Crippen LogP contribution in [-0.2, 0) is 14.4 Å². The summed E-state index contributed by atoms with van der Waals surface area (Å²) in [5.74, 6) is -0.638. The summed E-state index contributed by atoms with van der Waals surface area (Å²) in [5, 5.41) is 15.4. The number of benzene rings is 2. The van der Waals surface area contributed by atoms with Gasteiger partial charge in [0.15, 0.2) is 0 Å². The molecular weight excluding hydrogens is 456 g/mol. The summed E-state index contributed by atoms with van der Waals surface area (Å²) in [5.41, 5.74) is 2.96. The molecule has 0 fully saturated rings. The molecule has 0 aliphatic heterocycles. The van der Waals surface area contributed by atoms with E-state index < -0.39 is 6.04 Å². The summed E-state index contributed by atoms with van der Waals surface area (Å²) in [6.07, 6.45) is 1.37. The van der Waals surface area contributed by atoms with Crippen LogP contribution in [0.2, 0.25) is 0 Å². The van der Waals surface area contributed by atoms with Crippen molar-refractivity contribution in [1.82, 2.24) is 10.3 Å². The van der Waals surface area contributed by atoms with E-state index in [0.717, 1.165) is 11.1 Å². The maximum Gasteiger partial charge on any atom is 0.248 e. The fourth-order valence-corrected chi connectivity index (χ4v) is 3.95. The molecule has 3 N–H and O–H groups in total. The maximum atomic E-state index is 13.7. The minimum Gasteiger partial charge on any atom is -0.508 e. The number of aryl methyl sites for hydroxylation is 2. The molecular formula is C28H32N4O4. The van der Waals surface area contributed by atoms with Gasteiger partial charge in [-0.1, -0.05) is 24.3 Å². The number of nitrogens with one attached hydrogen (secondary N) is 2. The molecule has 1 atom stereocenters. The van der Waals surface area contributed by atoms with Gasteiger partial charge in [-0.05, 0) is 80.8 Å². The molecule has 1 aromatic heterocycles. The number of anilines is 2. The van der Waals surface area contributed by atoms with Gasteiger partial charge in [0.25, 0.3) is 0 Å². The normalized spacial score (nSPS) is 11.6. The zero-order valence-electron chi connectivity index (χ0n) is 21.0. The van der Waals surface area contributed by atoms with Crippen molar-refractivity contribution in [2.45, 2.75) is 52.6 Å². The summed E-state index contributed by atoms with van der Waals surface area (Å²) < 4.78 is 0. The van der Waals surface area contributed by atoms with Gasteiger partial charge in [-0.3, -0.25) is 19.3 Å². The molecule has 36 heavy (non-hydrogen) atoms. The van der Waals surface area contributed by atoms with Crippen molar-refractivity contribution in [2.24, 2.45) is 0 Å². The number of aromatic nitrogens is 1. The lowest BCUT2D eigenvalue weighted by molar-refractivity contribution is -0.127. The van der Waals surface area contributed by atoms with Crippen LogP contribution in [0, 0.1) is 13.8 Å². The van der Waals surface area contributed by atoms with Crippen LogP contribution in [0.5, 0.6) is 5.75 Å². The number of hydrogen-bond acceptors (Lipinski definition) is 5. The van der Waals surface area contributed by atoms with Gasteiger partial charge in [-0.2, -0.15) is 0 Å². The Morgan fingerprint density at radius 2 is 1.61 bits per heavy atom. The van der Waals surface area contributed by atoms with Gasteiger partial charge in [0.05, 0.1) is 0 Å². The van der Waals surface area contributed by atoms with Gasteiger partial charge < -0.3 is 15.7 Å². The van der Waals surface area contributed by atoms with E-state index in [1.54, 1.807) is 36.5 Å². The highest BCUT2D eigenvalue weighted by molar-refractivity contribution is 6.03. The molecule has 3 aromatic rings. The first-order chi connectivity index (χ1) is 17.1. The van der Waals surface area contributed by atoms with E-state index in [4.69, 9.17) is 0 Å². The van der Waals surface area contributed by atoms with Crippen molar-refractivity contribution >= 4 is 29.2 Å². The molecule has 0 saturated carbocycles. The predicted octanol–water partition coefficient (Wildman–Crippen LogP) is 4.42. The number of pyridine rings is 1. The van der Waals surface area contributed by atoms with Crippen molar-refractivity contribution in [3.63, 3.8) is 0 Å². The number of carbonyl (C=O) groups excluding carboxylic acids is 3. The van der Waals surface area contributed by atoms with E-state index in [0.29, 0.717) is 17.1 Å². The average molecular weight is 489 g/mol. The molecule has 0 radical (unpaired) electrons. The highest BCUT2D eigenvalue weighted by Gasteiger charge is 2.33. The van der Waals surface area contributed by atoms with Crippen molar-refractivity contribution < 1.29 is 19.5 Å². The fraction of sp³-hybridized carbons (Fsp3) is 0.286. The fourth-order valence-electron chi connectivity index (χ4n) is 3.95. The molecule has 0 bridgehead atoms. The first kappa shape index (κ1) is 26.4. The van der Waals surface area contributed by atoms with Crippen LogP contribution >= 0.6 is 0 Å². The Labute approximate surface area is 211 Å². The van der Waals surface area contributed by atoms with Crippen LogP contribution in [0.15, 0.2) is 66.9 Å². The molecule has 0 saturated heterocycles. The number of phenolic OH excluding ortho intramolecular Hbond substituents is 1. The first-order valence-electron chi connectivity index (χ1n) is 11.8. The molecule has 8 nitrogen and oxygen atoms in total. The molecule has 3 amide bonds. The average Bonchev–Trinajstić information content (AvgIpc) is 2.81. The van der Waals surface area contributed by atoms with Crippen LogP contribution < -0.4 is 15.5 Å². The Bertz CT molecular complexity index is 1190. The molecule has 0 aliphatic carbocycles. The summed E-state index contributed by atoms with van der Waals surface area (Å²) >= 11 is 0. The number of phenols is 1. The summed E-state index contributed by atoms with van der Waals surface area (Å²) in [4.78, 5) is 45.2. The number of hydrogen-bond donors (Lipinski definition) is 3. The number of rotatable bonds is 9. The third kappa shape index (κ3) is 7.15. The van der Waals surface area contributed by atoms with Crippen LogP contribution in [0.4, 0.5) is 11.5 Å². The predicted molar refractivity (Wildman–Crippen MR) is 140 cm³/mol. The second kappa shape index (κ2) is 12.0. The zero-order chi connectivity index (χ0) is 26.2. The van der Waals surface area contributed by atoms with Crippen LogP contribution in [0.3, 0.4) is 0 Å². The lowest BCUT2D eigenvalue weighted by Gasteiger charge is -2.32. The summed E-state index contributed by atoms with van der Waals surface area (Å²) in [6, 6.07) is 15.9. The molecule has 8 heteroatoms. The summed E-state index contributed by atoms with van der Waals surface area (Å²) in [7, 11) is 0. The Morgan fingerprint density at radius 3 is 2.19 bits per heavy atom. The monoisotopic (exact) mass is 488 g/mol. The third-order valence-electron chi connectivity index (χ3n) is 5.40. The van der Waals surface area contributed by atoms with Gasteiger partial charge >= 0.3 is 0 Å². The first-order valence-corrected chi connectivity index (χ1v) is 11.8. The van der Waals surface area contributed by atoms with Gasteiger partial charge in [0.1, 0.15) is 17.6 Å². The van der Waals surface area contributed by atoms with Crippen LogP contribution in [0.25, 0.3) is 0 Å². The van der Waals surface area contributed by atoms with Gasteiger partial charge in [-0.15, -0.1) is 0 Å². The molecule has 0 aliphatic rings. The maximum absolute atomic E-state index is 13.7. The Kier molecular flexibility index (Phi) is 8.78. The smallest absolute Gasteiger partial charge is 0.248 e. The number of carbonyl (C=O) groups is 3. The largest absolute Gasteiger partial charge is 0.508 e. The van der Waals surface area contributed by atoms with Crippen molar-refractivity contribution in [3.05, 3.63) is 83.6 Å². The second-order valence-corrected chi connectivity index (χ2v) is 9.03. The topological polar surface area (TPSA) is 112 Å². The minimum absolute atomic E-state index is 0.0530. The Morgan fingerprint density at radius 1 is 0.944 bits per heavy atom. The quantitative estimate of drug-likeness (QED) is 0.413. The highest BCUT2D eigenvalue weighted by Crippen LogP contribution is 2.31. The molecule has 3 rings (SSSR count). The van der Waals surface area contributed by atoms with E-state index >= 15 is 0 Å². The van der Waals surface area contributed by atoms with E-state index in [2.05, 4.69) is 15.6 Å². The van der Waals surface area contributed by atoms with E-state index in [9.17, 15) is 19.5 Å². The summed E-state index contributed by atoms with van der Waals surface area (Å²) in [6.45, 7) is 7.53.